The van der Waals surface area contributed by atoms with E-state index in [4.69, 9.17) is 5.11 Å². The first-order valence-corrected chi connectivity index (χ1v) is 8.69. The third-order valence-electron chi connectivity index (χ3n) is 4.01. The van der Waals surface area contributed by atoms with Crippen LogP contribution in [0.25, 0.3) is 0 Å². The van der Waals surface area contributed by atoms with Gasteiger partial charge in [0.2, 0.25) is 5.91 Å². The molecule has 0 spiro atoms. The second-order valence-corrected chi connectivity index (χ2v) is 7.30. The van der Waals surface area contributed by atoms with Crippen LogP contribution in [0.5, 0.6) is 0 Å². The molecule has 0 heterocycles. The van der Waals surface area contributed by atoms with Gasteiger partial charge in [0.15, 0.2) is 0 Å². The number of benzene rings is 2. The second kappa shape index (κ2) is 8.49. The lowest BCUT2D eigenvalue weighted by Crippen LogP contribution is -2.15. The van der Waals surface area contributed by atoms with Crippen molar-refractivity contribution in [2.24, 2.45) is 0 Å². The molecule has 0 radical (unpaired) electrons. The van der Waals surface area contributed by atoms with Crippen LogP contribution in [0.1, 0.15) is 49.5 Å². The van der Waals surface area contributed by atoms with Crippen LogP contribution in [-0.2, 0) is 15.0 Å². The van der Waals surface area contributed by atoms with Crippen LogP contribution in [0.15, 0.2) is 48.5 Å². The average molecular weight is 368 g/mol. The highest BCUT2D eigenvalue weighted by Gasteiger charge is 2.14. The zero-order valence-electron chi connectivity index (χ0n) is 15.7. The molecule has 6 heteroatoms. The maximum absolute atomic E-state index is 12.4. The Hall–Kier alpha value is -3.15. The number of carbonyl (C=O) groups is 3. The molecule has 0 aromatic heterocycles. The summed E-state index contributed by atoms with van der Waals surface area (Å²) in [5.41, 5.74) is 2.89. The number of carbonyl (C=O) groups excluding carboxylic acids is 2. The first-order valence-electron chi connectivity index (χ1n) is 8.69. The van der Waals surface area contributed by atoms with Crippen LogP contribution in [0.4, 0.5) is 11.4 Å². The molecule has 142 valence electrons. The summed E-state index contributed by atoms with van der Waals surface area (Å²) in [4.78, 5) is 34.4. The predicted molar refractivity (Wildman–Crippen MR) is 105 cm³/mol. The summed E-state index contributed by atoms with van der Waals surface area (Å²) < 4.78 is 0. The highest BCUT2D eigenvalue weighted by molar-refractivity contribution is 6.04. The molecule has 2 aromatic rings. The molecule has 6 nitrogen and oxygen atoms in total. The minimum Gasteiger partial charge on any atom is -0.481 e. The van der Waals surface area contributed by atoms with Gasteiger partial charge in [0, 0.05) is 23.4 Å². The van der Waals surface area contributed by atoms with Gasteiger partial charge in [-0.1, -0.05) is 32.9 Å². The number of carboxylic acid groups (broad SMARTS) is 1. The van der Waals surface area contributed by atoms with Crippen molar-refractivity contribution in [1.82, 2.24) is 0 Å². The molecule has 0 aliphatic rings. The number of amides is 2. The Labute approximate surface area is 158 Å². The first kappa shape index (κ1) is 20.2. The minimum atomic E-state index is -1.02. The van der Waals surface area contributed by atoms with Crippen molar-refractivity contribution in [2.45, 2.75) is 39.0 Å². The molecular formula is C21H24N2O4. The van der Waals surface area contributed by atoms with Gasteiger partial charge in [-0.2, -0.15) is 0 Å². The lowest BCUT2D eigenvalue weighted by Gasteiger charge is -2.19. The number of nitrogens with one attached hydrogen (secondary N) is 2. The summed E-state index contributed by atoms with van der Waals surface area (Å²) in [5.74, 6) is -1.60. The fraction of sp³-hybridized carbons (Fsp3) is 0.286. The fourth-order valence-electron chi connectivity index (χ4n) is 2.41. The summed E-state index contributed by atoms with van der Waals surface area (Å²) in [7, 11) is 0. The van der Waals surface area contributed by atoms with E-state index >= 15 is 0 Å². The van der Waals surface area contributed by atoms with Gasteiger partial charge in [-0.3, -0.25) is 14.4 Å². The Bertz CT molecular complexity index is 819. The number of aliphatic carboxylic acids is 1. The molecule has 2 rings (SSSR count). The van der Waals surface area contributed by atoms with Gasteiger partial charge in [-0.05, 0) is 47.4 Å². The molecule has 0 bridgehead atoms. The summed E-state index contributed by atoms with van der Waals surface area (Å²) >= 11 is 0. The standard InChI is InChI=1S/C21H24N2O4/c1-21(2,3)15-6-4-14(5-7-15)20(27)23-17-10-8-16(9-11-17)22-18(24)12-13-19(25)26/h4-11H,12-13H2,1-3H3,(H,22,24)(H,23,27)(H,25,26). The van der Waals surface area contributed by atoms with Gasteiger partial charge in [0.1, 0.15) is 0 Å². The molecule has 0 aliphatic carbocycles. The highest BCUT2D eigenvalue weighted by Crippen LogP contribution is 2.22. The number of hydrogen-bond acceptors (Lipinski definition) is 3. The van der Waals surface area contributed by atoms with Crippen molar-refractivity contribution < 1.29 is 19.5 Å². The molecule has 0 fully saturated rings. The summed E-state index contributed by atoms with van der Waals surface area (Å²) in [6.07, 6.45) is -0.299. The van der Waals surface area contributed by atoms with E-state index in [1.54, 1.807) is 36.4 Å². The predicted octanol–water partition coefficient (Wildman–Crippen LogP) is 4.04. The van der Waals surface area contributed by atoms with Crippen LogP contribution in [-0.4, -0.2) is 22.9 Å². The van der Waals surface area contributed by atoms with E-state index in [-0.39, 0.29) is 30.1 Å². The number of carboxylic acids is 1. The first-order chi connectivity index (χ1) is 12.6. The number of rotatable bonds is 6. The van der Waals surface area contributed by atoms with Crippen LogP contribution in [0, 0.1) is 0 Å². The van der Waals surface area contributed by atoms with E-state index < -0.39 is 5.97 Å². The molecule has 2 amide bonds. The molecule has 27 heavy (non-hydrogen) atoms. The third kappa shape index (κ3) is 6.26. The second-order valence-electron chi connectivity index (χ2n) is 7.30. The number of anilines is 2. The monoisotopic (exact) mass is 368 g/mol. The smallest absolute Gasteiger partial charge is 0.303 e. The van der Waals surface area contributed by atoms with Crippen molar-refractivity contribution in [3.63, 3.8) is 0 Å². The Morgan fingerprint density at radius 2 is 1.33 bits per heavy atom. The van der Waals surface area contributed by atoms with Crippen molar-refractivity contribution in [2.75, 3.05) is 10.6 Å². The van der Waals surface area contributed by atoms with E-state index in [1.807, 2.05) is 12.1 Å². The van der Waals surface area contributed by atoms with Gasteiger partial charge in [-0.25, -0.2) is 0 Å². The average Bonchev–Trinajstić information content (AvgIpc) is 2.61. The zero-order chi connectivity index (χ0) is 20.0. The lowest BCUT2D eigenvalue weighted by atomic mass is 9.87. The van der Waals surface area contributed by atoms with Crippen molar-refractivity contribution in [1.29, 1.82) is 0 Å². The summed E-state index contributed by atoms with van der Waals surface area (Å²) in [6, 6.07) is 14.1. The molecule has 0 unspecified atom stereocenters. The molecule has 0 aliphatic heterocycles. The Morgan fingerprint density at radius 1 is 0.815 bits per heavy atom. The number of hydrogen-bond donors (Lipinski definition) is 3. The molecular weight excluding hydrogens is 344 g/mol. The van der Waals surface area contributed by atoms with Crippen molar-refractivity contribution >= 4 is 29.2 Å². The SMILES string of the molecule is CC(C)(C)c1ccc(C(=O)Nc2ccc(NC(=O)CCC(=O)O)cc2)cc1. The summed E-state index contributed by atoms with van der Waals surface area (Å²) in [5, 5.41) is 14.0. The lowest BCUT2D eigenvalue weighted by molar-refractivity contribution is -0.138. The van der Waals surface area contributed by atoms with Gasteiger partial charge in [0.05, 0.1) is 6.42 Å². The van der Waals surface area contributed by atoms with Crippen molar-refractivity contribution in [3.05, 3.63) is 59.7 Å². The highest BCUT2D eigenvalue weighted by atomic mass is 16.4. The Kier molecular flexibility index (Phi) is 6.34. The van der Waals surface area contributed by atoms with Crippen LogP contribution in [0.2, 0.25) is 0 Å². The molecule has 3 N–H and O–H groups in total. The van der Waals surface area contributed by atoms with Crippen molar-refractivity contribution in [3.8, 4) is 0 Å². The third-order valence-corrected chi connectivity index (χ3v) is 4.01. The quantitative estimate of drug-likeness (QED) is 0.717. The van der Waals surface area contributed by atoms with Crippen LogP contribution < -0.4 is 10.6 Å². The van der Waals surface area contributed by atoms with Gasteiger partial charge in [-0.15, -0.1) is 0 Å². The minimum absolute atomic E-state index is 0.0275. The van der Waals surface area contributed by atoms with E-state index in [2.05, 4.69) is 31.4 Å². The molecule has 0 atom stereocenters. The fourth-order valence-corrected chi connectivity index (χ4v) is 2.41. The Balaban J connectivity index is 1.94. The van der Waals surface area contributed by atoms with Crippen LogP contribution >= 0.6 is 0 Å². The van der Waals surface area contributed by atoms with Gasteiger partial charge < -0.3 is 15.7 Å². The largest absolute Gasteiger partial charge is 0.481 e. The normalized spacial score (nSPS) is 10.9. The van der Waals surface area contributed by atoms with Gasteiger partial charge in [0.25, 0.3) is 5.91 Å². The van der Waals surface area contributed by atoms with Crippen LogP contribution in [0.3, 0.4) is 0 Å². The molecule has 2 aromatic carbocycles. The molecule has 0 saturated heterocycles. The summed E-state index contributed by atoms with van der Waals surface area (Å²) in [6.45, 7) is 6.35. The Morgan fingerprint density at radius 3 is 1.81 bits per heavy atom. The van der Waals surface area contributed by atoms with E-state index in [1.165, 1.54) is 0 Å². The van der Waals surface area contributed by atoms with E-state index in [9.17, 15) is 14.4 Å². The van der Waals surface area contributed by atoms with Gasteiger partial charge >= 0.3 is 5.97 Å². The maximum Gasteiger partial charge on any atom is 0.303 e. The zero-order valence-corrected chi connectivity index (χ0v) is 15.7. The van der Waals surface area contributed by atoms with E-state index in [0.29, 0.717) is 16.9 Å². The maximum atomic E-state index is 12.4. The molecule has 0 saturated carbocycles. The van der Waals surface area contributed by atoms with E-state index in [0.717, 1.165) is 5.56 Å². The topological polar surface area (TPSA) is 95.5 Å².